The molecule has 0 unspecified atom stereocenters. The van der Waals surface area contributed by atoms with E-state index in [1.54, 1.807) is 12.1 Å². The van der Waals surface area contributed by atoms with Gasteiger partial charge in [-0.25, -0.2) is 9.37 Å². The minimum absolute atomic E-state index is 0.0791. The van der Waals surface area contributed by atoms with Crippen LogP contribution >= 0.6 is 11.3 Å². The van der Waals surface area contributed by atoms with Crippen molar-refractivity contribution in [2.75, 3.05) is 26.7 Å². The van der Waals surface area contributed by atoms with Crippen LogP contribution in [0.2, 0.25) is 0 Å². The Hall–Kier alpha value is -1.79. The molecule has 1 fully saturated rings. The number of piperidine rings is 1. The van der Waals surface area contributed by atoms with Gasteiger partial charge >= 0.3 is 0 Å². The molecule has 1 saturated heterocycles. The van der Waals surface area contributed by atoms with E-state index < -0.39 is 0 Å². The van der Waals surface area contributed by atoms with Crippen LogP contribution < -0.4 is 5.32 Å². The highest BCUT2D eigenvalue weighted by Gasteiger charge is 2.26. The smallest absolute Gasteiger partial charge is 0.265 e. The Morgan fingerprint density at radius 3 is 2.64 bits per heavy atom. The highest BCUT2D eigenvalue weighted by atomic mass is 32.1. The molecule has 0 radical (unpaired) electrons. The number of carbonyl (C=O) groups excluding carboxylic acids is 1. The van der Waals surface area contributed by atoms with Gasteiger partial charge in [0.2, 0.25) is 0 Å². The first-order valence-corrected chi connectivity index (χ1v) is 9.57. The zero-order chi connectivity index (χ0) is 17.8. The van der Waals surface area contributed by atoms with Gasteiger partial charge in [0.05, 0.1) is 5.69 Å². The summed E-state index contributed by atoms with van der Waals surface area (Å²) in [5.74, 6) is 0.513. The van der Waals surface area contributed by atoms with Gasteiger partial charge in [-0.1, -0.05) is 0 Å². The zero-order valence-electron chi connectivity index (χ0n) is 14.7. The molecular formula is C19H24FN3OS. The molecule has 1 aromatic heterocycles. The molecule has 2 aromatic rings. The SMILES string of the molecule is CNCCC1CCN(C(=O)c2sc(-c3ccc(F)cc3)nc2C)CC1. The minimum atomic E-state index is -0.269. The Bertz CT molecular complexity index is 721. The lowest BCUT2D eigenvalue weighted by Gasteiger charge is -2.31. The summed E-state index contributed by atoms with van der Waals surface area (Å²) in [4.78, 5) is 20.0. The number of aromatic nitrogens is 1. The van der Waals surface area contributed by atoms with Crippen molar-refractivity contribution >= 4 is 17.2 Å². The number of nitrogens with one attached hydrogen (secondary N) is 1. The summed E-state index contributed by atoms with van der Waals surface area (Å²) in [7, 11) is 1.98. The fourth-order valence-electron chi connectivity index (χ4n) is 3.23. The average Bonchev–Trinajstić information content (AvgIpc) is 3.02. The summed E-state index contributed by atoms with van der Waals surface area (Å²) in [5.41, 5.74) is 1.60. The predicted octanol–water partition coefficient (Wildman–Crippen LogP) is 3.72. The molecule has 4 nitrogen and oxygen atoms in total. The third-order valence-electron chi connectivity index (χ3n) is 4.79. The van der Waals surface area contributed by atoms with Crippen LogP contribution in [0.1, 0.15) is 34.6 Å². The highest BCUT2D eigenvalue weighted by Crippen LogP contribution is 2.30. The van der Waals surface area contributed by atoms with Gasteiger partial charge in [0, 0.05) is 18.7 Å². The normalized spacial score (nSPS) is 15.6. The predicted molar refractivity (Wildman–Crippen MR) is 99.4 cm³/mol. The molecule has 1 aromatic carbocycles. The lowest BCUT2D eigenvalue weighted by Crippen LogP contribution is -2.38. The van der Waals surface area contributed by atoms with E-state index in [0.717, 1.165) is 48.7 Å². The van der Waals surface area contributed by atoms with E-state index in [2.05, 4.69) is 10.3 Å². The molecule has 0 bridgehead atoms. The van der Waals surface area contributed by atoms with E-state index in [0.29, 0.717) is 10.8 Å². The third-order valence-corrected chi connectivity index (χ3v) is 5.98. The van der Waals surface area contributed by atoms with Crippen molar-refractivity contribution in [3.63, 3.8) is 0 Å². The Kier molecular flexibility index (Phi) is 5.81. The number of rotatable bonds is 5. The second kappa shape index (κ2) is 8.06. The van der Waals surface area contributed by atoms with Gasteiger partial charge in [-0.2, -0.15) is 0 Å². The van der Waals surface area contributed by atoms with E-state index >= 15 is 0 Å². The maximum absolute atomic E-state index is 13.1. The summed E-state index contributed by atoms with van der Waals surface area (Å²) < 4.78 is 13.1. The number of thiazole rings is 1. The van der Waals surface area contributed by atoms with Crippen molar-refractivity contribution < 1.29 is 9.18 Å². The number of hydrogen-bond donors (Lipinski definition) is 1. The zero-order valence-corrected chi connectivity index (χ0v) is 15.5. The van der Waals surface area contributed by atoms with Crippen LogP contribution in [-0.4, -0.2) is 42.5 Å². The number of halogens is 1. The van der Waals surface area contributed by atoms with Crippen molar-refractivity contribution in [2.45, 2.75) is 26.2 Å². The fraction of sp³-hybridized carbons (Fsp3) is 0.474. The second-order valence-corrected chi connectivity index (χ2v) is 7.57. The molecular weight excluding hydrogens is 337 g/mol. The summed E-state index contributed by atoms with van der Waals surface area (Å²) in [6.45, 7) is 4.54. The van der Waals surface area contributed by atoms with Gasteiger partial charge in [0.25, 0.3) is 5.91 Å². The van der Waals surface area contributed by atoms with E-state index in [9.17, 15) is 9.18 Å². The third kappa shape index (κ3) is 4.25. The molecule has 1 amide bonds. The summed E-state index contributed by atoms with van der Waals surface area (Å²) >= 11 is 1.40. The molecule has 2 heterocycles. The molecule has 1 N–H and O–H groups in total. The van der Waals surface area contributed by atoms with Crippen molar-refractivity contribution in [1.29, 1.82) is 0 Å². The van der Waals surface area contributed by atoms with Crippen LogP contribution in [-0.2, 0) is 0 Å². The number of aryl methyl sites for hydroxylation is 1. The van der Waals surface area contributed by atoms with Crippen molar-refractivity contribution in [2.24, 2.45) is 5.92 Å². The van der Waals surface area contributed by atoms with Gasteiger partial charge in [-0.15, -0.1) is 11.3 Å². The van der Waals surface area contributed by atoms with Crippen LogP contribution in [0.5, 0.6) is 0 Å². The molecule has 1 aliphatic heterocycles. The molecule has 25 heavy (non-hydrogen) atoms. The molecule has 3 rings (SSSR count). The standard InChI is InChI=1S/C19H24FN3OS/c1-13-17(25-18(22-13)15-3-5-16(20)6-4-15)19(24)23-11-8-14(9-12-23)7-10-21-2/h3-6,14,21H,7-12H2,1-2H3. The first-order valence-electron chi connectivity index (χ1n) is 8.75. The second-order valence-electron chi connectivity index (χ2n) is 6.57. The summed E-state index contributed by atoms with van der Waals surface area (Å²) in [6, 6.07) is 6.25. The fourth-order valence-corrected chi connectivity index (χ4v) is 4.27. The van der Waals surface area contributed by atoms with Gasteiger partial charge in [0.1, 0.15) is 15.7 Å². The van der Waals surface area contributed by atoms with Crippen LogP contribution in [0.3, 0.4) is 0 Å². The number of carbonyl (C=O) groups is 1. The summed E-state index contributed by atoms with van der Waals surface area (Å²) in [6.07, 6.45) is 3.30. The molecule has 1 aliphatic rings. The van der Waals surface area contributed by atoms with Crippen LogP contribution in [0.25, 0.3) is 10.6 Å². The molecule has 0 aliphatic carbocycles. The number of hydrogen-bond acceptors (Lipinski definition) is 4. The maximum Gasteiger partial charge on any atom is 0.265 e. The van der Waals surface area contributed by atoms with Crippen LogP contribution in [0, 0.1) is 18.7 Å². The summed E-state index contributed by atoms with van der Waals surface area (Å²) in [5, 5.41) is 3.96. The first kappa shape index (κ1) is 18.0. The number of amides is 1. The monoisotopic (exact) mass is 361 g/mol. The van der Waals surface area contributed by atoms with Crippen LogP contribution in [0.4, 0.5) is 4.39 Å². The van der Waals surface area contributed by atoms with Crippen molar-refractivity contribution in [3.8, 4) is 10.6 Å². The Balaban J connectivity index is 1.68. The topological polar surface area (TPSA) is 45.2 Å². The Morgan fingerprint density at radius 2 is 2.00 bits per heavy atom. The van der Waals surface area contributed by atoms with E-state index in [-0.39, 0.29) is 11.7 Å². The first-order chi connectivity index (χ1) is 12.1. The van der Waals surface area contributed by atoms with Crippen molar-refractivity contribution in [1.82, 2.24) is 15.2 Å². The highest BCUT2D eigenvalue weighted by molar-refractivity contribution is 7.17. The van der Waals surface area contributed by atoms with Gasteiger partial charge in [0.15, 0.2) is 0 Å². The molecule has 0 saturated carbocycles. The van der Waals surface area contributed by atoms with Crippen molar-refractivity contribution in [3.05, 3.63) is 40.7 Å². The lowest BCUT2D eigenvalue weighted by atomic mass is 9.93. The van der Waals surface area contributed by atoms with Gasteiger partial charge in [-0.3, -0.25) is 4.79 Å². The average molecular weight is 361 g/mol. The van der Waals surface area contributed by atoms with E-state index in [4.69, 9.17) is 0 Å². The number of nitrogens with zero attached hydrogens (tertiary/aromatic N) is 2. The Morgan fingerprint density at radius 1 is 1.32 bits per heavy atom. The molecule has 134 valence electrons. The lowest BCUT2D eigenvalue weighted by molar-refractivity contribution is 0.0691. The van der Waals surface area contributed by atoms with Gasteiger partial charge in [-0.05, 0) is 70.0 Å². The quantitative estimate of drug-likeness (QED) is 0.883. The maximum atomic E-state index is 13.1. The van der Waals surface area contributed by atoms with Gasteiger partial charge < -0.3 is 10.2 Å². The van der Waals surface area contributed by atoms with E-state index in [1.807, 2.05) is 18.9 Å². The number of benzene rings is 1. The van der Waals surface area contributed by atoms with E-state index in [1.165, 1.54) is 29.9 Å². The largest absolute Gasteiger partial charge is 0.338 e. The number of likely N-dealkylation sites (tertiary alicyclic amines) is 1. The molecule has 6 heteroatoms. The molecule has 0 spiro atoms. The Labute approximate surface area is 152 Å². The minimum Gasteiger partial charge on any atom is -0.338 e. The van der Waals surface area contributed by atoms with Crippen LogP contribution in [0.15, 0.2) is 24.3 Å². The molecule has 0 atom stereocenters.